The lowest BCUT2D eigenvalue weighted by atomic mass is 10.2. The Morgan fingerprint density at radius 2 is 2.38 bits per heavy atom. The zero-order valence-electron chi connectivity index (χ0n) is 7.88. The molecule has 1 heterocycles. The first-order chi connectivity index (χ1) is 6.43. The quantitative estimate of drug-likeness (QED) is 0.551. The first kappa shape index (κ1) is 9.76. The van der Waals surface area contributed by atoms with Crippen molar-refractivity contribution in [3.63, 3.8) is 0 Å². The van der Waals surface area contributed by atoms with E-state index in [0.717, 1.165) is 19.5 Å². The van der Waals surface area contributed by atoms with Crippen molar-refractivity contribution in [2.24, 2.45) is 0 Å². The number of nitrogens with one attached hydrogen (secondary N) is 1. The summed E-state index contributed by atoms with van der Waals surface area (Å²) in [4.78, 5) is 4.02. The van der Waals surface area contributed by atoms with Gasteiger partial charge in [0.15, 0.2) is 0 Å². The molecule has 1 rings (SSSR count). The molecule has 2 heteroatoms. The Morgan fingerprint density at radius 1 is 1.46 bits per heavy atom. The predicted octanol–water partition coefficient (Wildman–Crippen LogP) is 1.24. The molecule has 0 atom stereocenters. The molecule has 0 bridgehead atoms. The van der Waals surface area contributed by atoms with Gasteiger partial charge < -0.3 is 5.32 Å². The lowest BCUT2D eigenvalue weighted by Crippen LogP contribution is -2.11. The molecule has 0 fully saturated rings. The third kappa shape index (κ3) is 4.29. The molecule has 0 aliphatic rings. The van der Waals surface area contributed by atoms with Crippen LogP contribution in [0.2, 0.25) is 0 Å². The van der Waals surface area contributed by atoms with Crippen molar-refractivity contribution in [1.82, 2.24) is 10.3 Å². The highest BCUT2D eigenvalue weighted by Gasteiger charge is 1.85. The van der Waals surface area contributed by atoms with E-state index in [1.54, 1.807) is 6.20 Å². The molecule has 2 nitrogen and oxygen atoms in total. The first-order valence-corrected chi connectivity index (χ1v) is 4.49. The average molecular weight is 174 g/mol. The van der Waals surface area contributed by atoms with Crippen LogP contribution in [0.25, 0.3) is 0 Å². The smallest absolute Gasteiger partial charge is 0.0576 e. The van der Waals surface area contributed by atoms with Gasteiger partial charge in [0, 0.05) is 18.8 Å². The summed E-state index contributed by atoms with van der Waals surface area (Å²) in [6, 6.07) is 3.97. The maximum Gasteiger partial charge on any atom is 0.0576 e. The summed E-state index contributed by atoms with van der Waals surface area (Å²) in [7, 11) is 0. The van der Waals surface area contributed by atoms with Crippen LogP contribution in [0.5, 0.6) is 0 Å². The molecule has 13 heavy (non-hydrogen) atoms. The van der Waals surface area contributed by atoms with E-state index in [-0.39, 0.29) is 0 Å². The molecule has 0 amide bonds. The van der Waals surface area contributed by atoms with Crippen molar-refractivity contribution in [2.45, 2.75) is 13.3 Å². The highest BCUT2D eigenvalue weighted by molar-refractivity contribution is 5.17. The largest absolute Gasteiger partial charge is 0.307 e. The maximum absolute atomic E-state index is 4.02. The Kier molecular flexibility index (Phi) is 4.66. The standard InChI is InChI=1S/C11H14N2/c1-2-12-8-4-3-6-11-7-5-9-13-10-11/h5,7,9-10,12H,2,6,8H2,1H3. The van der Waals surface area contributed by atoms with Crippen LogP contribution in [-0.2, 0) is 6.42 Å². The minimum Gasteiger partial charge on any atom is -0.307 e. The van der Waals surface area contributed by atoms with Crippen molar-refractivity contribution in [2.75, 3.05) is 13.1 Å². The molecule has 0 aliphatic heterocycles. The lowest BCUT2D eigenvalue weighted by molar-refractivity contribution is 0.810. The van der Waals surface area contributed by atoms with Gasteiger partial charge in [-0.25, -0.2) is 0 Å². The zero-order valence-corrected chi connectivity index (χ0v) is 7.88. The van der Waals surface area contributed by atoms with Crippen LogP contribution in [0.1, 0.15) is 12.5 Å². The second kappa shape index (κ2) is 6.22. The van der Waals surface area contributed by atoms with Gasteiger partial charge in [-0.3, -0.25) is 4.98 Å². The second-order valence-electron chi connectivity index (χ2n) is 2.67. The summed E-state index contributed by atoms with van der Waals surface area (Å²) in [6.45, 7) is 3.82. The molecule has 0 saturated carbocycles. The van der Waals surface area contributed by atoms with Crippen LogP contribution in [0.15, 0.2) is 24.5 Å². The van der Waals surface area contributed by atoms with Gasteiger partial charge in [-0.05, 0) is 18.2 Å². The molecule has 0 unspecified atom stereocenters. The molecule has 1 N–H and O–H groups in total. The molecule has 0 saturated heterocycles. The van der Waals surface area contributed by atoms with E-state index in [4.69, 9.17) is 0 Å². The fourth-order valence-corrected chi connectivity index (χ4v) is 0.917. The van der Waals surface area contributed by atoms with Gasteiger partial charge in [0.1, 0.15) is 0 Å². The van der Waals surface area contributed by atoms with Gasteiger partial charge in [-0.1, -0.05) is 24.8 Å². The highest BCUT2D eigenvalue weighted by Crippen LogP contribution is 1.94. The topological polar surface area (TPSA) is 24.9 Å². The Bertz CT molecular complexity index is 282. The van der Waals surface area contributed by atoms with Crippen molar-refractivity contribution in [1.29, 1.82) is 0 Å². The van der Waals surface area contributed by atoms with Gasteiger partial charge >= 0.3 is 0 Å². The number of pyridine rings is 1. The molecular formula is C11H14N2. The van der Waals surface area contributed by atoms with Crippen LogP contribution < -0.4 is 5.32 Å². The summed E-state index contributed by atoms with van der Waals surface area (Å²) >= 11 is 0. The third-order valence-electron chi connectivity index (χ3n) is 1.60. The van der Waals surface area contributed by atoms with E-state index in [0.29, 0.717) is 0 Å². The van der Waals surface area contributed by atoms with Crippen LogP contribution >= 0.6 is 0 Å². The van der Waals surface area contributed by atoms with Gasteiger partial charge in [-0.15, -0.1) is 0 Å². The molecule has 0 aliphatic carbocycles. The minimum atomic E-state index is 0.775. The fraction of sp³-hybridized carbons (Fsp3) is 0.364. The van der Waals surface area contributed by atoms with E-state index < -0.39 is 0 Å². The van der Waals surface area contributed by atoms with Gasteiger partial charge in [0.2, 0.25) is 0 Å². The minimum absolute atomic E-state index is 0.775. The molecule has 68 valence electrons. The molecule has 0 radical (unpaired) electrons. The van der Waals surface area contributed by atoms with Crippen molar-refractivity contribution < 1.29 is 0 Å². The normalized spacial score (nSPS) is 9.00. The van der Waals surface area contributed by atoms with Gasteiger partial charge in [-0.2, -0.15) is 0 Å². The van der Waals surface area contributed by atoms with E-state index in [1.165, 1.54) is 5.56 Å². The molecule has 0 spiro atoms. The molecule has 0 aromatic carbocycles. The van der Waals surface area contributed by atoms with E-state index in [1.807, 2.05) is 18.3 Å². The summed E-state index contributed by atoms with van der Waals surface area (Å²) in [5.74, 6) is 6.13. The van der Waals surface area contributed by atoms with Crippen LogP contribution in [-0.4, -0.2) is 18.1 Å². The number of hydrogen-bond acceptors (Lipinski definition) is 2. The van der Waals surface area contributed by atoms with E-state index >= 15 is 0 Å². The Morgan fingerprint density at radius 3 is 3.08 bits per heavy atom. The molecule has 1 aromatic heterocycles. The van der Waals surface area contributed by atoms with Crippen molar-refractivity contribution >= 4 is 0 Å². The fourth-order valence-electron chi connectivity index (χ4n) is 0.917. The lowest BCUT2D eigenvalue weighted by Gasteiger charge is -1.91. The third-order valence-corrected chi connectivity index (χ3v) is 1.60. The zero-order chi connectivity index (χ0) is 9.36. The van der Waals surface area contributed by atoms with Crippen molar-refractivity contribution in [3.8, 4) is 11.8 Å². The highest BCUT2D eigenvalue weighted by atomic mass is 14.8. The van der Waals surface area contributed by atoms with Gasteiger partial charge in [0.05, 0.1) is 6.54 Å². The van der Waals surface area contributed by atoms with E-state index in [9.17, 15) is 0 Å². The van der Waals surface area contributed by atoms with E-state index in [2.05, 4.69) is 29.1 Å². The van der Waals surface area contributed by atoms with Crippen LogP contribution in [0, 0.1) is 11.8 Å². The monoisotopic (exact) mass is 174 g/mol. The Hall–Kier alpha value is -1.33. The van der Waals surface area contributed by atoms with Crippen LogP contribution in [0.4, 0.5) is 0 Å². The van der Waals surface area contributed by atoms with Gasteiger partial charge in [0.25, 0.3) is 0 Å². The number of rotatable bonds is 3. The number of nitrogens with zero attached hydrogens (tertiary/aromatic N) is 1. The number of hydrogen-bond donors (Lipinski definition) is 1. The second-order valence-corrected chi connectivity index (χ2v) is 2.67. The van der Waals surface area contributed by atoms with Crippen molar-refractivity contribution in [3.05, 3.63) is 30.1 Å². The number of aromatic nitrogens is 1. The maximum atomic E-state index is 4.02. The summed E-state index contributed by atoms with van der Waals surface area (Å²) < 4.78 is 0. The Labute approximate surface area is 79.4 Å². The van der Waals surface area contributed by atoms with Crippen LogP contribution in [0.3, 0.4) is 0 Å². The first-order valence-electron chi connectivity index (χ1n) is 4.49. The summed E-state index contributed by atoms with van der Waals surface area (Å²) in [5, 5.41) is 3.15. The SMILES string of the molecule is CCNCC#CCc1cccnc1. The average Bonchev–Trinajstić information content (AvgIpc) is 2.19. The molecular weight excluding hydrogens is 160 g/mol. The molecule has 1 aromatic rings. The summed E-state index contributed by atoms with van der Waals surface area (Å²) in [6.07, 6.45) is 4.41. The predicted molar refractivity (Wildman–Crippen MR) is 54.3 cm³/mol. The summed E-state index contributed by atoms with van der Waals surface area (Å²) in [5.41, 5.74) is 1.17. The Balaban J connectivity index is 2.29.